The summed E-state index contributed by atoms with van der Waals surface area (Å²) in [4.78, 5) is 0. The maximum absolute atomic E-state index is 2.30. The summed E-state index contributed by atoms with van der Waals surface area (Å²) in [6, 6.07) is 22.1. The van der Waals surface area contributed by atoms with Gasteiger partial charge in [-0.05, 0) is 35.5 Å². The molecule has 2 atom stereocenters. The van der Waals surface area contributed by atoms with Gasteiger partial charge in [0.2, 0.25) is 0 Å². The molecule has 1 heteroatoms. The summed E-state index contributed by atoms with van der Waals surface area (Å²) in [7, 11) is 0.0968. The smallest absolute Gasteiger partial charge is 0.0116 e. The Morgan fingerprint density at radius 2 is 1.47 bits per heavy atom. The first-order valence-corrected chi connectivity index (χ1v) is 7.99. The minimum Gasteiger partial charge on any atom is -0.0747 e. The molecule has 86 valence electrons. The first-order chi connectivity index (χ1) is 8.43. The minimum atomic E-state index is 0.0968. The predicted molar refractivity (Wildman–Crippen MR) is 76.5 cm³/mol. The van der Waals surface area contributed by atoms with E-state index < -0.39 is 0 Å². The van der Waals surface area contributed by atoms with Crippen LogP contribution >= 0.6 is 7.92 Å². The lowest BCUT2D eigenvalue weighted by Crippen LogP contribution is -2.02. The van der Waals surface area contributed by atoms with Crippen LogP contribution in [0.3, 0.4) is 0 Å². The lowest BCUT2D eigenvalue weighted by atomic mass is 9.99. The van der Waals surface area contributed by atoms with E-state index in [0.29, 0.717) is 0 Å². The van der Waals surface area contributed by atoms with E-state index in [0.717, 1.165) is 5.92 Å². The molecule has 0 spiro atoms. The van der Waals surface area contributed by atoms with Gasteiger partial charge in [0.05, 0.1) is 0 Å². The van der Waals surface area contributed by atoms with Gasteiger partial charge in [0, 0.05) is 0 Å². The fourth-order valence-corrected chi connectivity index (χ4v) is 5.43. The zero-order valence-electron chi connectivity index (χ0n) is 9.92. The monoisotopic (exact) mass is 240 g/mol. The lowest BCUT2D eigenvalue weighted by molar-refractivity contribution is 0.782. The summed E-state index contributed by atoms with van der Waals surface area (Å²) >= 11 is 0. The van der Waals surface area contributed by atoms with Crippen LogP contribution in [0.5, 0.6) is 0 Å². The number of rotatable bonds is 2. The molecular weight excluding hydrogens is 223 g/mol. The van der Waals surface area contributed by atoms with Crippen LogP contribution < -0.4 is 5.30 Å². The Morgan fingerprint density at radius 1 is 0.824 bits per heavy atom. The third-order valence-electron chi connectivity index (χ3n) is 3.58. The molecule has 0 radical (unpaired) electrons. The van der Waals surface area contributed by atoms with E-state index in [4.69, 9.17) is 0 Å². The molecule has 0 aliphatic carbocycles. The maximum atomic E-state index is 2.30. The summed E-state index contributed by atoms with van der Waals surface area (Å²) in [5.74, 6) is 0.794. The molecular formula is C16H17P. The van der Waals surface area contributed by atoms with Crippen molar-refractivity contribution in [3.05, 3.63) is 66.2 Å². The van der Waals surface area contributed by atoms with Crippen molar-refractivity contribution in [1.29, 1.82) is 0 Å². The summed E-state index contributed by atoms with van der Waals surface area (Å²) in [6.45, 7) is 0. The van der Waals surface area contributed by atoms with Crippen LogP contribution in [-0.2, 0) is 0 Å². The molecule has 1 aliphatic rings. The van der Waals surface area contributed by atoms with Crippen molar-refractivity contribution in [3.8, 4) is 0 Å². The summed E-state index contributed by atoms with van der Waals surface area (Å²) < 4.78 is 0. The topological polar surface area (TPSA) is 0 Å². The highest BCUT2D eigenvalue weighted by Crippen LogP contribution is 2.48. The molecule has 2 aromatic carbocycles. The summed E-state index contributed by atoms with van der Waals surface area (Å²) in [6.07, 6.45) is 4.15. The Labute approximate surface area is 104 Å². The fraction of sp³-hybridized carbons (Fsp3) is 0.250. The Hall–Kier alpha value is -1.13. The Morgan fingerprint density at radius 3 is 2.18 bits per heavy atom. The van der Waals surface area contributed by atoms with E-state index in [1.165, 1.54) is 24.3 Å². The Balaban J connectivity index is 1.75. The number of benzene rings is 2. The number of hydrogen-bond acceptors (Lipinski definition) is 0. The molecule has 0 nitrogen and oxygen atoms in total. The first-order valence-electron chi connectivity index (χ1n) is 6.28. The third-order valence-corrected chi connectivity index (χ3v) is 6.29. The van der Waals surface area contributed by atoms with Gasteiger partial charge in [-0.15, -0.1) is 0 Å². The third kappa shape index (κ3) is 2.42. The lowest BCUT2D eigenvalue weighted by Gasteiger charge is -2.12. The van der Waals surface area contributed by atoms with E-state index in [9.17, 15) is 0 Å². The van der Waals surface area contributed by atoms with Gasteiger partial charge in [-0.1, -0.05) is 68.6 Å². The quantitative estimate of drug-likeness (QED) is 0.696. The van der Waals surface area contributed by atoms with E-state index in [-0.39, 0.29) is 7.92 Å². The molecule has 0 bridgehead atoms. The standard InChI is InChI=1S/C16H17P/c1-3-7-14(8-4-1)15-11-12-17(13-15)16-9-5-2-6-10-16/h1-10,15H,11-13H2. The van der Waals surface area contributed by atoms with Gasteiger partial charge in [0.1, 0.15) is 0 Å². The average molecular weight is 240 g/mol. The molecule has 1 saturated heterocycles. The van der Waals surface area contributed by atoms with Gasteiger partial charge in [-0.3, -0.25) is 0 Å². The first kappa shape index (κ1) is 11.0. The van der Waals surface area contributed by atoms with Crippen LogP contribution in [-0.4, -0.2) is 12.3 Å². The molecule has 1 aliphatic heterocycles. The average Bonchev–Trinajstić information content (AvgIpc) is 2.90. The molecule has 17 heavy (non-hydrogen) atoms. The number of hydrogen-bond donors (Lipinski definition) is 0. The van der Waals surface area contributed by atoms with Crippen molar-refractivity contribution >= 4 is 13.2 Å². The van der Waals surface area contributed by atoms with Crippen LogP contribution in [0.2, 0.25) is 0 Å². The molecule has 2 aromatic rings. The van der Waals surface area contributed by atoms with Crippen molar-refractivity contribution in [1.82, 2.24) is 0 Å². The van der Waals surface area contributed by atoms with Crippen molar-refractivity contribution in [2.45, 2.75) is 12.3 Å². The van der Waals surface area contributed by atoms with Gasteiger partial charge < -0.3 is 0 Å². The van der Waals surface area contributed by atoms with Crippen LogP contribution in [0, 0.1) is 0 Å². The molecule has 3 rings (SSSR count). The second-order valence-electron chi connectivity index (χ2n) is 4.68. The summed E-state index contributed by atoms with van der Waals surface area (Å²) in [5, 5.41) is 1.58. The maximum Gasteiger partial charge on any atom is -0.0116 e. The Kier molecular flexibility index (Phi) is 3.25. The van der Waals surface area contributed by atoms with Crippen LogP contribution in [0.15, 0.2) is 60.7 Å². The van der Waals surface area contributed by atoms with Gasteiger partial charge in [0.15, 0.2) is 0 Å². The molecule has 0 saturated carbocycles. The summed E-state index contributed by atoms with van der Waals surface area (Å²) in [5.41, 5.74) is 1.54. The SMILES string of the molecule is c1ccc(C2CCP(c3ccccc3)C2)cc1. The largest absolute Gasteiger partial charge is 0.0747 e. The van der Waals surface area contributed by atoms with E-state index >= 15 is 0 Å². The van der Waals surface area contributed by atoms with E-state index in [1.54, 1.807) is 5.30 Å². The highest BCUT2D eigenvalue weighted by Gasteiger charge is 2.26. The van der Waals surface area contributed by atoms with Crippen molar-refractivity contribution in [2.24, 2.45) is 0 Å². The molecule has 0 amide bonds. The molecule has 0 N–H and O–H groups in total. The van der Waals surface area contributed by atoms with E-state index in [1.807, 2.05) is 0 Å². The van der Waals surface area contributed by atoms with Crippen molar-refractivity contribution < 1.29 is 0 Å². The van der Waals surface area contributed by atoms with Gasteiger partial charge >= 0.3 is 0 Å². The van der Waals surface area contributed by atoms with Crippen molar-refractivity contribution in [3.63, 3.8) is 0 Å². The van der Waals surface area contributed by atoms with Gasteiger partial charge in [-0.2, -0.15) is 0 Å². The van der Waals surface area contributed by atoms with Crippen LogP contribution in [0.25, 0.3) is 0 Å². The second kappa shape index (κ2) is 5.02. The molecule has 1 fully saturated rings. The van der Waals surface area contributed by atoms with E-state index in [2.05, 4.69) is 60.7 Å². The minimum absolute atomic E-state index is 0.0968. The van der Waals surface area contributed by atoms with Gasteiger partial charge in [0.25, 0.3) is 0 Å². The fourth-order valence-electron chi connectivity index (χ4n) is 2.63. The molecule has 0 aromatic heterocycles. The van der Waals surface area contributed by atoms with Gasteiger partial charge in [-0.25, -0.2) is 0 Å². The normalized spacial score (nSPS) is 23.8. The highest BCUT2D eigenvalue weighted by atomic mass is 31.1. The molecule has 1 heterocycles. The highest BCUT2D eigenvalue weighted by molar-refractivity contribution is 7.66. The Bertz CT molecular complexity index is 418. The second-order valence-corrected chi connectivity index (χ2v) is 7.09. The predicted octanol–water partition coefficient (Wildman–Crippen LogP) is 3.98. The van der Waals surface area contributed by atoms with Crippen LogP contribution in [0.4, 0.5) is 0 Å². The zero-order valence-corrected chi connectivity index (χ0v) is 10.8. The van der Waals surface area contributed by atoms with Crippen LogP contribution in [0.1, 0.15) is 17.9 Å². The van der Waals surface area contributed by atoms with Crippen molar-refractivity contribution in [2.75, 3.05) is 12.3 Å². The zero-order chi connectivity index (χ0) is 11.5. The molecule has 2 unspecified atom stereocenters.